The molecule has 0 radical (unpaired) electrons. The third-order valence-corrected chi connectivity index (χ3v) is 1.11. The molecule has 9 heavy (non-hydrogen) atoms. The molecule has 0 aromatic heterocycles. The van der Waals surface area contributed by atoms with Gasteiger partial charge in [0.2, 0.25) is 0 Å². The minimum Gasteiger partial charge on any atom is -0.295 e. The Morgan fingerprint density at radius 2 is 2.00 bits per heavy atom. The van der Waals surface area contributed by atoms with Crippen molar-refractivity contribution in [3.05, 3.63) is 11.6 Å². The number of hydrogen-bond donors (Lipinski definition) is 0. The van der Waals surface area contributed by atoms with Gasteiger partial charge in [0, 0.05) is 0 Å². The molecule has 0 aliphatic carbocycles. The van der Waals surface area contributed by atoms with Crippen LogP contribution in [-0.2, 0) is 4.79 Å². The van der Waals surface area contributed by atoms with Gasteiger partial charge >= 0.3 is 0 Å². The Balaban J connectivity index is 4.17. The zero-order valence-electron chi connectivity index (χ0n) is 5.27. The van der Waals surface area contributed by atoms with Crippen LogP contribution in [0.3, 0.4) is 0 Å². The van der Waals surface area contributed by atoms with Gasteiger partial charge < -0.3 is 0 Å². The van der Waals surface area contributed by atoms with Gasteiger partial charge in [-0.3, -0.25) is 4.79 Å². The number of Topliss-reactive ketones (excluding diaryl/α,β-unsaturated/α-hetero) is 1. The predicted molar refractivity (Wildman–Crippen MR) is 42.9 cm³/mol. The maximum absolute atomic E-state index is 10.5. The van der Waals surface area contributed by atoms with Gasteiger partial charge in [0.1, 0.15) is 4.32 Å². The number of rotatable bonds is 2. The SMILES string of the molecule is CC(=O)/C(C)=C\C(=S)Cl. The number of carbonyl (C=O) groups is 1. The minimum atomic E-state index is -0.00185. The number of ketones is 1. The Labute approximate surface area is 64.7 Å². The first-order valence-corrected chi connectivity index (χ1v) is 3.21. The monoisotopic (exact) mass is 162 g/mol. The molecule has 0 aliphatic heterocycles. The van der Waals surface area contributed by atoms with E-state index in [-0.39, 0.29) is 10.1 Å². The number of carbonyl (C=O) groups excluding carboxylic acids is 1. The largest absolute Gasteiger partial charge is 0.295 e. The molecule has 0 fully saturated rings. The van der Waals surface area contributed by atoms with Gasteiger partial charge in [0.05, 0.1) is 0 Å². The van der Waals surface area contributed by atoms with Crippen LogP contribution < -0.4 is 0 Å². The highest BCUT2D eigenvalue weighted by molar-refractivity contribution is 7.83. The third-order valence-electron chi connectivity index (χ3n) is 0.885. The van der Waals surface area contributed by atoms with Crippen LogP contribution >= 0.6 is 23.8 Å². The molecule has 0 spiro atoms. The molecular formula is C6H7ClOS. The minimum absolute atomic E-state index is 0.00185. The van der Waals surface area contributed by atoms with E-state index in [9.17, 15) is 4.79 Å². The van der Waals surface area contributed by atoms with Crippen molar-refractivity contribution in [1.82, 2.24) is 0 Å². The van der Waals surface area contributed by atoms with Crippen molar-refractivity contribution < 1.29 is 4.79 Å². The first-order chi connectivity index (χ1) is 4.04. The van der Waals surface area contributed by atoms with Crippen molar-refractivity contribution in [2.24, 2.45) is 0 Å². The molecule has 0 amide bonds. The van der Waals surface area contributed by atoms with Crippen molar-refractivity contribution in [3.8, 4) is 0 Å². The molecular weight excluding hydrogens is 156 g/mol. The summed E-state index contributed by atoms with van der Waals surface area (Å²) in [5.74, 6) is -0.00185. The Hall–Kier alpha value is -0.210. The summed E-state index contributed by atoms with van der Waals surface area (Å²) < 4.78 is 0.225. The van der Waals surface area contributed by atoms with Crippen LogP contribution in [-0.4, -0.2) is 10.1 Å². The summed E-state index contributed by atoms with van der Waals surface area (Å²) in [7, 11) is 0. The zero-order valence-corrected chi connectivity index (χ0v) is 6.84. The molecule has 0 rings (SSSR count). The first kappa shape index (κ1) is 8.79. The van der Waals surface area contributed by atoms with E-state index in [2.05, 4.69) is 12.2 Å². The molecule has 0 bridgehead atoms. The van der Waals surface area contributed by atoms with Crippen LogP contribution in [0.15, 0.2) is 11.6 Å². The molecule has 0 atom stereocenters. The summed E-state index contributed by atoms with van der Waals surface area (Å²) in [6, 6.07) is 0. The Morgan fingerprint density at radius 3 is 2.11 bits per heavy atom. The van der Waals surface area contributed by atoms with E-state index in [1.165, 1.54) is 13.0 Å². The smallest absolute Gasteiger partial charge is 0.155 e. The summed E-state index contributed by atoms with van der Waals surface area (Å²) in [6.45, 7) is 3.15. The lowest BCUT2D eigenvalue weighted by atomic mass is 10.2. The molecule has 0 unspecified atom stereocenters. The van der Waals surface area contributed by atoms with E-state index in [1.54, 1.807) is 6.92 Å². The highest BCUT2D eigenvalue weighted by Gasteiger charge is 1.94. The molecule has 0 aromatic rings. The van der Waals surface area contributed by atoms with E-state index < -0.39 is 0 Å². The second kappa shape index (κ2) is 3.75. The van der Waals surface area contributed by atoms with Gasteiger partial charge in [-0.1, -0.05) is 23.8 Å². The highest BCUT2D eigenvalue weighted by atomic mass is 35.5. The van der Waals surface area contributed by atoms with E-state index in [4.69, 9.17) is 11.6 Å². The van der Waals surface area contributed by atoms with Gasteiger partial charge in [-0.2, -0.15) is 0 Å². The average Bonchev–Trinajstić information content (AvgIpc) is 1.63. The van der Waals surface area contributed by atoms with Crippen LogP contribution in [0, 0.1) is 0 Å². The molecule has 0 saturated heterocycles. The number of halogens is 1. The highest BCUT2D eigenvalue weighted by Crippen LogP contribution is 1.97. The van der Waals surface area contributed by atoms with E-state index in [0.29, 0.717) is 5.57 Å². The lowest BCUT2D eigenvalue weighted by molar-refractivity contribution is -0.113. The lowest BCUT2D eigenvalue weighted by Crippen LogP contribution is -1.92. The van der Waals surface area contributed by atoms with Crippen LogP contribution in [0.2, 0.25) is 0 Å². The van der Waals surface area contributed by atoms with Crippen LogP contribution in [0.4, 0.5) is 0 Å². The third kappa shape index (κ3) is 4.30. The fourth-order valence-electron chi connectivity index (χ4n) is 0.272. The second-order valence-electron chi connectivity index (χ2n) is 1.69. The summed E-state index contributed by atoms with van der Waals surface area (Å²) in [5, 5.41) is 0. The summed E-state index contributed by atoms with van der Waals surface area (Å²) in [6.07, 6.45) is 1.47. The van der Waals surface area contributed by atoms with Crippen molar-refractivity contribution in [1.29, 1.82) is 0 Å². The molecule has 1 nitrogen and oxygen atoms in total. The quantitative estimate of drug-likeness (QED) is 0.352. The fourth-order valence-corrected chi connectivity index (χ4v) is 0.612. The van der Waals surface area contributed by atoms with Gasteiger partial charge in [0.15, 0.2) is 5.78 Å². The van der Waals surface area contributed by atoms with Gasteiger partial charge in [0.25, 0.3) is 0 Å². The molecule has 0 aromatic carbocycles. The van der Waals surface area contributed by atoms with Crippen molar-refractivity contribution in [2.45, 2.75) is 13.8 Å². The molecule has 3 heteroatoms. The lowest BCUT2D eigenvalue weighted by Gasteiger charge is -1.88. The standard InChI is InChI=1S/C6H7ClOS/c1-4(5(2)8)3-6(7)9/h3H,1-2H3/b4-3-. The van der Waals surface area contributed by atoms with E-state index in [0.717, 1.165) is 0 Å². The molecule has 0 N–H and O–H groups in total. The van der Waals surface area contributed by atoms with Gasteiger partial charge in [-0.15, -0.1) is 0 Å². The van der Waals surface area contributed by atoms with Crippen molar-refractivity contribution in [2.75, 3.05) is 0 Å². The fraction of sp³-hybridized carbons (Fsp3) is 0.333. The molecule has 0 saturated carbocycles. The van der Waals surface area contributed by atoms with E-state index in [1.807, 2.05) is 0 Å². The Bertz CT molecular complexity index is 172. The first-order valence-electron chi connectivity index (χ1n) is 2.42. The summed E-state index contributed by atoms with van der Waals surface area (Å²) in [4.78, 5) is 10.5. The number of allylic oxidation sites excluding steroid dienone is 2. The van der Waals surface area contributed by atoms with Crippen LogP contribution in [0.1, 0.15) is 13.8 Å². The number of hydrogen-bond acceptors (Lipinski definition) is 2. The number of thiocarbonyl (C=S) groups is 1. The normalized spacial score (nSPS) is 11.2. The summed E-state index contributed by atoms with van der Waals surface area (Å²) in [5.41, 5.74) is 0.593. The molecule has 0 heterocycles. The maximum Gasteiger partial charge on any atom is 0.155 e. The maximum atomic E-state index is 10.5. The summed E-state index contributed by atoms with van der Waals surface area (Å²) >= 11 is 9.85. The second-order valence-corrected chi connectivity index (χ2v) is 2.76. The van der Waals surface area contributed by atoms with Crippen LogP contribution in [0.25, 0.3) is 0 Å². The Kier molecular flexibility index (Phi) is 3.66. The van der Waals surface area contributed by atoms with Crippen molar-refractivity contribution in [3.63, 3.8) is 0 Å². The molecule has 0 aliphatic rings. The average molecular weight is 163 g/mol. The van der Waals surface area contributed by atoms with Crippen molar-refractivity contribution >= 4 is 33.9 Å². The van der Waals surface area contributed by atoms with E-state index >= 15 is 0 Å². The Morgan fingerprint density at radius 1 is 1.56 bits per heavy atom. The van der Waals surface area contributed by atoms with Gasteiger partial charge in [-0.25, -0.2) is 0 Å². The van der Waals surface area contributed by atoms with Gasteiger partial charge in [-0.05, 0) is 25.5 Å². The predicted octanol–water partition coefficient (Wildman–Crippen LogP) is 2.09. The topological polar surface area (TPSA) is 17.1 Å². The zero-order chi connectivity index (χ0) is 7.44. The van der Waals surface area contributed by atoms with Crippen LogP contribution in [0.5, 0.6) is 0 Å². The molecule has 50 valence electrons.